The molecule has 2 heterocycles. The third-order valence-corrected chi connectivity index (χ3v) is 7.37. The number of benzene rings is 2. The zero-order valence-electron chi connectivity index (χ0n) is 24.1. The van der Waals surface area contributed by atoms with Crippen LogP contribution in [0.15, 0.2) is 48.7 Å². The number of halogens is 1. The lowest BCUT2D eigenvalue weighted by Crippen LogP contribution is -2.40. The van der Waals surface area contributed by atoms with Gasteiger partial charge in [-0.3, -0.25) is 9.59 Å². The van der Waals surface area contributed by atoms with E-state index in [2.05, 4.69) is 18.7 Å². The van der Waals surface area contributed by atoms with Gasteiger partial charge in [-0.05, 0) is 67.6 Å². The van der Waals surface area contributed by atoms with E-state index < -0.39 is 0 Å². The Labute approximate surface area is 232 Å². The van der Waals surface area contributed by atoms with Gasteiger partial charge in [0.05, 0.1) is 5.56 Å². The molecule has 0 unspecified atom stereocenters. The lowest BCUT2D eigenvalue weighted by molar-refractivity contribution is -0.119. The highest BCUT2D eigenvalue weighted by atomic mass is 19.1. The topological polar surface area (TPSA) is 48.8 Å². The van der Waals surface area contributed by atoms with Crippen molar-refractivity contribution in [2.75, 3.05) is 37.6 Å². The number of hydrogen-bond donors (Lipinski definition) is 0. The van der Waals surface area contributed by atoms with E-state index in [1.807, 2.05) is 65.7 Å². The van der Waals surface area contributed by atoms with Gasteiger partial charge < -0.3 is 19.3 Å². The number of fused-ring (bicyclic) bond motifs is 2. The van der Waals surface area contributed by atoms with Crippen LogP contribution < -0.4 is 4.90 Å². The molecular formula is C32H43FN4O2. The molecule has 1 aliphatic heterocycles. The van der Waals surface area contributed by atoms with Gasteiger partial charge in [0, 0.05) is 62.4 Å². The number of amides is 2. The summed E-state index contributed by atoms with van der Waals surface area (Å²) < 4.78 is 16.6. The molecule has 0 fully saturated rings. The monoisotopic (exact) mass is 534 g/mol. The molecule has 4 rings (SSSR count). The van der Waals surface area contributed by atoms with Gasteiger partial charge in [0.2, 0.25) is 5.91 Å². The Kier molecular flexibility index (Phi) is 9.44. The van der Waals surface area contributed by atoms with Crippen LogP contribution in [0, 0.1) is 17.7 Å². The molecular weight excluding hydrogens is 491 g/mol. The molecule has 3 aromatic rings. The summed E-state index contributed by atoms with van der Waals surface area (Å²) in [5.74, 6) is 0.336. The molecule has 0 saturated carbocycles. The number of carbonyl (C=O) groups is 2. The third-order valence-electron chi connectivity index (χ3n) is 7.37. The highest BCUT2D eigenvalue weighted by Gasteiger charge is 2.26. The summed E-state index contributed by atoms with van der Waals surface area (Å²) in [4.78, 5) is 33.6. The number of aryl methyl sites for hydroxylation is 1. The first-order valence-electron chi connectivity index (χ1n) is 14.3. The zero-order chi connectivity index (χ0) is 28.1. The number of rotatable bonds is 5. The Hall–Kier alpha value is -3.19. The van der Waals surface area contributed by atoms with Crippen LogP contribution in [-0.4, -0.2) is 58.9 Å². The highest BCUT2D eigenvalue weighted by molar-refractivity contribution is 6.07. The summed E-state index contributed by atoms with van der Waals surface area (Å²) in [5, 5.41) is 0.908. The first kappa shape index (κ1) is 28.8. The summed E-state index contributed by atoms with van der Waals surface area (Å²) in [5.41, 5.74) is 3.01. The Morgan fingerprint density at radius 1 is 0.923 bits per heavy atom. The van der Waals surface area contributed by atoms with E-state index in [0.717, 1.165) is 43.4 Å². The van der Waals surface area contributed by atoms with E-state index in [4.69, 9.17) is 0 Å². The summed E-state index contributed by atoms with van der Waals surface area (Å²) in [6.45, 7) is 12.6. The van der Waals surface area contributed by atoms with Gasteiger partial charge in [0.1, 0.15) is 5.82 Å². The lowest BCUT2D eigenvalue weighted by Gasteiger charge is -2.32. The largest absolute Gasteiger partial charge is 0.350 e. The van der Waals surface area contributed by atoms with E-state index in [-0.39, 0.29) is 30.1 Å². The van der Waals surface area contributed by atoms with Crippen molar-refractivity contribution in [2.45, 2.75) is 53.5 Å². The van der Waals surface area contributed by atoms with Crippen molar-refractivity contribution in [2.24, 2.45) is 18.9 Å². The Bertz CT molecular complexity index is 1300. The van der Waals surface area contributed by atoms with E-state index in [0.29, 0.717) is 42.2 Å². The number of carbonyl (C=O) groups excluding carboxylic acids is 2. The molecule has 2 amide bonds. The van der Waals surface area contributed by atoms with Gasteiger partial charge in [-0.1, -0.05) is 45.9 Å². The van der Waals surface area contributed by atoms with Crippen LogP contribution >= 0.6 is 0 Å². The van der Waals surface area contributed by atoms with Gasteiger partial charge in [-0.15, -0.1) is 0 Å². The molecule has 39 heavy (non-hydrogen) atoms. The fraction of sp³-hybridized carbons (Fsp3) is 0.500. The van der Waals surface area contributed by atoms with E-state index >= 15 is 0 Å². The minimum Gasteiger partial charge on any atom is -0.350 e. The molecule has 1 aromatic heterocycles. The van der Waals surface area contributed by atoms with Crippen LogP contribution in [0.25, 0.3) is 10.9 Å². The molecule has 0 aliphatic carbocycles. The second kappa shape index (κ2) is 12.8. The molecule has 2 aromatic carbocycles. The van der Waals surface area contributed by atoms with Gasteiger partial charge in [-0.25, -0.2) is 4.39 Å². The smallest absolute Gasteiger partial charge is 0.256 e. The number of anilines is 1. The van der Waals surface area contributed by atoms with Crippen molar-refractivity contribution in [1.82, 2.24) is 14.4 Å². The predicted molar refractivity (Wildman–Crippen MR) is 156 cm³/mol. The third kappa shape index (κ3) is 7.07. The van der Waals surface area contributed by atoms with Gasteiger partial charge in [0.25, 0.3) is 5.91 Å². The summed E-state index contributed by atoms with van der Waals surface area (Å²) in [6, 6.07) is 12.5. The molecule has 0 N–H and O–H groups in total. The van der Waals surface area contributed by atoms with Gasteiger partial charge in [0.15, 0.2) is 0 Å². The van der Waals surface area contributed by atoms with Crippen molar-refractivity contribution in [3.05, 3.63) is 65.6 Å². The maximum atomic E-state index is 14.6. The van der Waals surface area contributed by atoms with Gasteiger partial charge in [-0.2, -0.15) is 0 Å². The second-order valence-electron chi connectivity index (χ2n) is 11.7. The molecule has 0 bridgehead atoms. The maximum absolute atomic E-state index is 14.6. The molecule has 0 radical (unpaired) electrons. The first-order chi connectivity index (χ1) is 18.6. The molecule has 0 atom stereocenters. The normalized spacial score (nSPS) is 15.9. The lowest BCUT2D eigenvalue weighted by atomic mass is 10.1. The standard InChI is InChI=1S/C32H43FN4O2/c1-23(2)18-31(38)37-17-9-15-35(20-24(3)4)14-8-16-36(21-25-19-26(33)12-13-29(25)37)32(39)28-22-34(5)30-11-7-6-10-27(28)30/h6-7,10-13,19,22-24H,8-9,14-18,20-21H2,1-5H3. The summed E-state index contributed by atoms with van der Waals surface area (Å²) in [7, 11) is 1.95. The van der Waals surface area contributed by atoms with Crippen LogP contribution in [0.5, 0.6) is 0 Å². The fourth-order valence-corrected chi connectivity index (χ4v) is 5.67. The highest BCUT2D eigenvalue weighted by Crippen LogP contribution is 2.28. The molecule has 210 valence electrons. The minimum absolute atomic E-state index is 0.0391. The van der Waals surface area contributed by atoms with E-state index in [1.54, 1.807) is 6.07 Å². The quantitative estimate of drug-likeness (QED) is 0.398. The Balaban J connectivity index is 1.75. The molecule has 1 aliphatic rings. The summed E-state index contributed by atoms with van der Waals surface area (Å²) in [6.07, 6.45) is 3.97. The summed E-state index contributed by atoms with van der Waals surface area (Å²) >= 11 is 0. The number of nitrogens with zero attached hydrogens (tertiary/aromatic N) is 4. The van der Waals surface area contributed by atoms with Gasteiger partial charge >= 0.3 is 0 Å². The van der Waals surface area contributed by atoms with Crippen molar-refractivity contribution in [3.8, 4) is 0 Å². The molecule has 7 heteroatoms. The number of para-hydroxylation sites is 1. The SMILES string of the molecule is CC(C)CC(=O)N1CCCN(CC(C)C)CCCN(C(=O)c2cn(C)c3ccccc23)Cc2cc(F)ccc21. The maximum Gasteiger partial charge on any atom is 0.256 e. The number of aromatic nitrogens is 1. The molecule has 6 nitrogen and oxygen atoms in total. The van der Waals surface area contributed by atoms with Crippen LogP contribution in [-0.2, 0) is 18.4 Å². The van der Waals surface area contributed by atoms with Crippen LogP contribution in [0.1, 0.15) is 62.9 Å². The zero-order valence-corrected chi connectivity index (χ0v) is 24.1. The predicted octanol–water partition coefficient (Wildman–Crippen LogP) is 6.09. The van der Waals surface area contributed by atoms with Crippen LogP contribution in [0.4, 0.5) is 10.1 Å². The minimum atomic E-state index is -0.363. The average Bonchev–Trinajstić information content (AvgIpc) is 3.21. The second-order valence-corrected chi connectivity index (χ2v) is 11.7. The van der Waals surface area contributed by atoms with Crippen molar-refractivity contribution < 1.29 is 14.0 Å². The van der Waals surface area contributed by atoms with Crippen LogP contribution in [0.2, 0.25) is 0 Å². The van der Waals surface area contributed by atoms with E-state index in [9.17, 15) is 14.0 Å². The van der Waals surface area contributed by atoms with Crippen molar-refractivity contribution in [3.63, 3.8) is 0 Å². The average molecular weight is 535 g/mol. The van der Waals surface area contributed by atoms with E-state index in [1.165, 1.54) is 12.1 Å². The van der Waals surface area contributed by atoms with Crippen LogP contribution in [0.3, 0.4) is 0 Å². The molecule has 0 spiro atoms. The molecule has 0 saturated heterocycles. The Morgan fingerprint density at radius 2 is 1.64 bits per heavy atom. The van der Waals surface area contributed by atoms with Crippen molar-refractivity contribution >= 4 is 28.4 Å². The number of hydrogen-bond acceptors (Lipinski definition) is 3. The first-order valence-corrected chi connectivity index (χ1v) is 14.3. The Morgan fingerprint density at radius 3 is 2.36 bits per heavy atom. The fourth-order valence-electron chi connectivity index (χ4n) is 5.67. The van der Waals surface area contributed by atoms with Crippen molar-refractivity contribution in [1.29, 1.82) is 0 Å².